The van der Waals surface area contributed by atoms with Crippen molar-refractivity contribution in [2.45, 2.75) is 102 Å². The molecule has 53 heavy (non-hydrogen) atoms. The van der Waals surface area contributed by atoms with E-state index in [0.29, 0.717) is 0 Å². The minimum Gasteiger partial charge on any atom is -0.396 e. The molecular formula is C19H10F32O2. The maximum atomic E-state index is 13.3. The number of hydrogen-bond donors (Lipinski definition) is 2. The second-order valence-electron chi connectivity index (χ2n) is 9.68. The molecule has 0 aromatic rings. The van der Waals surface area contributed by atoms with E-state index in [0.717, 1.165) is 0 Å². The maximum absolute atomic E-state index is 13.3. The largest absolute Gasteiger partial charge is 0.460 e. The van der Waals surface area contributed by atoms with Crippen LogP contribution in [0.1, 0.15) is 12.8 Å². The third-order valence-electron chi connectivity index (χ3n) is 6.10. The summed E-state index contributed by atoms with van der Waals surface area (Å²) in [4.78, 5) is 0. The van der Waals surface area contributed by atoms with E-state index in [-0.39, 0.29) is 0 Å². The third kappa shape index (κ3) is 7.50. The predicted octanol–water partition coefficient (Wildman–Crippen LogP) is 10.1. The molecule has 0 aliphatic rings. The highest BCUT2D eigenvalue weighted by Gasteiger charge is 2.98. The first-order valence-electron chi connectivity index (χ1n) is 11.6. The minimum absolute atomic E-state index is 1.87. The number of rotatable bonds is 14. The Morgan fingerprint density at radius 3 is 0.604 bits per heavy atom. The number of alkyl halides is 32. The molecule has 2 nitrogen and oxygen atoms in total. The van der Waals surface area contributed by atoms with E-state index in [1.54, 1.807) is 0 Å². The van der Waals surface area contributed by atoms with Gasteiger partial charge in [-0.25, -0.2) is 4.39 Å². The molecule has 0 bridgehead atoms. The van der Waals surface area contributed by atoms with Gasteiger partial charge in [-0.2, -0.15) is 136 Å². The molecule has 0 aromatic heterocycles. The van der Waals surface area contributed by atoms with Gasteiger partial charge in [0.2, 0.25) is 0 Å². The van der Waals surface area contributed by atoms with Crippen LogP contribution in [-0.2, 0) is 0 Å². The van der Waals surface area contributed by atoms with Gasteiger partial charge >= 0.3 is 89.3 Å². The Bertz CT molecular complexity index is 1200. The van der Waals surface area contributed by atoms with E-state index in [9.17, 15) is 140 Å². The molecule has 0 saturated carbocycles. The Balaban J connectivity index is 0. The molecule has 0 saturated heterocycles. The van der Waals surface area contributed by atoms with E-state index in [1.165, 1.54) is 0 Å². The molecule has 0 aliphatic carbocycles. The van der Waals surface area contributed by atoms with Gasteiger partial charge in [-0.05, 0) is 0 Å². The fraction of sp³-hybridized carbons (Fsp3) is 1.00. The summed E-state index contributed by atoms with van der Waals surface area (Å²) in [6, 6.07) is 0. The lowest BCUT2D eigenvalue weighted by Crippen LogP contribution is -2.76. The summed E-state index contributed by atoms with van der Waals surface area (Å²) >= 11 is 0. The smallest absolute Gasteiger partial charge is 0.396 e. The van der Waals surface area contributed by atoms with Crippen molar-refractivity contribution in [3.05, 3.63) is 0 Å². The molecule has 0 atom stereocenters. The van der Waals surface area contributed by atoms with Gasteiger partial charge in [0.25, 0.3) is 0 Å². The maximum Gasteiger partial charge on any atom is 0.460 e. The summed E-state index contributed by atoms with van der Waals surface area (Å²) < 4.78 is 407. The van der Waals surface area contributed by atoms with E-state index in [2.05, 4.69) is 0 Å². The molecule has 0 fully saturated rings. The molecule has 0 amide bonds. The lowest BCUT2D eigenvalue weighted by atomic mass is 9.86. The van der Waals surface area contributed by atoms with Crippen LogP contribution < -0.4 is 0 Å². The normalized spacial score (nSPS) is 16.4. The van der Waals surface area contributed by atoms with E-state index >= 15 is 0 Å². The van der Waals surface area contributed by atoms with Gasteiger partial charge in [0.05, 0.1) is 0 Å². The van der Waals surface area contributed by atoms with Crippen LogP contribution in [0.15, 0.2) is 0 Å². The summed E-state index contributed by atoms with van der Waals surface area (Å²) in [6.45, 7) is -4.18. The fourth-order valence-corrected chi connectivity index (χ4v) is 2.95. The Labute approximate surface area is 267 Å². The second-order valence-corrected chi connectivity index (χ2v) is 9.68. The SMILES string of the molecule is OCCC(F)(F)C(F)(F)C(F)(C(F)(F)F)C(F)(F)F.OCCC(F)(F)C(F)(F)C(F)(F)C(F)(F)C(F)(F)C(F)(F)C(F)(F)C(F)(F)C(F)(F)C(F)(F)F. The van der Waals surface area contributed by atoms with Crippen molar-refractivity contribution in [2.24, 2.45) is 0 Å². The number of hydrogen-bond acceptors (Lipinski definition) is 2. The number of halogens is 32. The van der Waals surface area contributed by atoms with E-state index in [1.807, 2.05) is 0 Å². The van der Waals surface area contributed by atoms with Gasteiger partial charge in [0.1, 0.15) is 0 Å². The lowest BCUT2D eigenvalue weighted by molar-refractivity contribution is -0.474. The summed E-state index contributed by atoms with van der Waals surface area (Å²) in [5, 5.41) is 15.9. The van der Waals surface area contributed by atoms with E-state index in [4.69, 9.17) is 10.2 Å². The molecule has 0 heterocycles. The second kappa shape index (κ2) is 14.0. The van der Waals surface area contributed by atoms with Crippen molar-refractivity contribution in [2.75, 3.05) is 13.2 Å². The van der Waals surface area contributed by atoms with Crippen LogP contribution in [0.4, 0.5) is 140 Å². The summed E-state index contributed by atoms with van der Waals surface area (Å²) in [5.41, 5.74) is -7.44. The molecule has 0 rings (SSSR count). The predicted molar refractivity (Wildman–Crippen MR) is 99.8 cm³/mol. The summed E-state index contributed by atoms with van der Waals surface area (Å²) in [6.07, 6.45) is -28.1. The first-order chi connectivity index (χ1) is 22.4. The number of aliphatic hydroxyl groups is 2. The van der Waals surface area contributed by atoms with Crippen LogP contribution in [-0.4, -0.2) is 113 Å². The highest BCUT2D eigenvalue weighted by atomic mass is 19.4. The molecule has 0 radical (unpaired) electrons. The molecule has 0 spiro atoms. The lowest BCUT2D eigenvalue weighted by Gasteiger charge is -2.44. The third-order valence-corrected chi connectivity index (χ3v) is 6.10. The van der Waals surface area contributed by atoms with Crippen LogP contribution in [0.2, 0.25) is 0 Å². The average molecular weight is 878 g/mol. The van der Waals surface area contributed by atoms with Crippen molar-refractivity contribution >= 4 is 0 Å². The standard InChI is InChI=1S/C12H5F21O.C7H5F11O/c13-3(14,1-2-34)4(15,16)5(17,18)6(19,20)7(21,22)8(23,24)9(25,26)10(27,28)11(29,30)12(31,32)33;8-3(9,1-2-19)5(11,12)4(10,6(13,14)15)7(16,17)18/h34H,1-2H2;19H,1-2H2. The van der Waals surface area contributed by atoms with Crippen molar-refractivity contribution in [3.63, 3.8) is 0 Å². The summed E-state index contributed by atoms with van der Waals surface area (Å²) in [7, 11) is 0. The van der Waals surface area contributed by atoms with Gasteiger partial charge in [0, 0.05) is 26.1 Å². The first-order valence-corrected chi connectivity index (χ1v) is 11.6. The topological polar surface area (TPSA) is 40.5 Å². The van der Waals surface area contributed by atoms with Crippen LogP contribution in [0, 0.1) is 0 Å². The van der Waals surface area contributed by atoms with Crippen molar-refractivity contribution in [3.8, 4) is 0 Å². The van der Waals surface area contributed by atoms with Gasteiger partial charge in [-0.3, -0.25) is 0 Å². The zero-order chi connectivity index (χ0) is 44.3. The zero-order valence-electron chi connectivity index (χ0n) is 23.3. The average Bonchev–Trinajstić information content (AvgIpc) is 2.89. The molecule has 34 heteroatoms. The number of aliphatic hydroxyl groups excluding tert-OH is 2. The molecule has 0 aliphatic heterocycles. The Hall–Kier alpha value is -2.32. The van der Waals surface area contributed by atoms with Crippen LogP contribution in [0.5, 0.6) is 0 Å². The van der Waals surface area contributed by atoms with Gasteiger partial charge < -0.3 is 10.2 Å². The van der Waals surface area contributed by atoms with Crippen molar-refractivity contribution < 1.29 is 151 Å². The molecule has 0 aromatic carbocycles. The summed E-state index contributed by atoms with van der Waals surface area (Å²) in [5.74, 6) is -90.2. The van der Waals surface area contributed by atoms with Crippen molar-refractivity contribution in [1.29, 1.82) is 0 Å². The Morgan fingerprint density at radius 1 is 0.226 bits per heavy atom. The van der Waals surface area contributed by atoms with Crippen molar-refractivity contribution in [1.82, 2.24) is 0 Å². The first kappa shape index (κ1) is 52.8. The van der Waals surface area contributed by atoms with E-state index < -0.39 is 115 Å². The Kier molecular flexibility index (Phi) is 13.9. The van der Waals surface area contributed by atoms with Gasteiger partial charge in [-0.1, -0.05) is 0 Å². The zero-order valence-corrected chi connectivity index (χ0v) is 23.3. The molecule has 322 valence electrons. The van der Waals surface area contributed by atoms with Crippen LogP contribution >= 0.6 is 0 Å². The quantitative estimate of drug-likeness (QED) is 0.171. The molecular weight excluding hydrogens is 868 g/mol. The fourth-order valence-electron chi connectivity index (χ4n) is 2.95. The monoisotopic (exact) mass is 878 g/mol. The Morgan fingerprint density at radius 2 is 0.415 bits per heavy atom. The molecule has 2 N–H and O–H groups in total. The highest BCUT2D eigenvalue weighted by molar-refractivity contribution is 5.18. The van der Waals surface area contributed by atoms with Gasteiger partial charge in [0.15, 0.2) is 0 Å². The minimum atomic E-state index is -9.17. The van der Waals surface area contributed by atoms with Crippen LogP contribution in [0.25, 0.3) is 0 Å². The van der Waals surface area contributed by atoms with Crippen LogP contribution in [0.3, 0.4) is 0 Å². The molecule has 0 unspecified atom stereocenters. The van der Waals surface area contributed by atoms with Gasteiger partial charge in [-0.15, -0.1) is 0 Å². The highest BCUT2D eigenvalue weighted by Crippen LogP contribution is 2.66.